The van der Waals surface area contributed by atoms with Gasteiger partial charge < -0.3 is 25.9 Å². The number of nitrogens with one attached hydrogen (secondary N) is 1. The van der Waals surface area contributed by atoms with Crippen LogP contribution in [-0.4, -0.2) is 50.2 Å². The maximum absolute atomic E-state index is 8.48. The molecule has 0 aliphatic heterocycles. The number of methoxy groups -OCH3 is 1. The first-order valence-electron chi connectivity index (χ1n) is 6.56. The van der Waals surface area contributed by atoms with Crippen molar-refractivity contribution in [3.63, 3.8) is 0 Å². The van der Waals surface area contributed by atoms with Gasteiger partial charge >= 0.3 is 0 Å². The van der Waals surface area contributed by atoms with Gasteiger partial charge in [-0.15, -0.1) is 0 Å². The number of nitrogens with two attached hydrogens (primary N) is 1. The molecule has 0 saturated carbocycles. The molecule has 0 aromatic heterocycles. The first kappa shape index (κ1) is 16.3. The summed E-state index contributed by atoms with van der Waals surface area (Å²) in [7, 11) is 5.74. The Balaban J connectivity index is 2.60. The van der Waals surface area contributed by atoms with Crippen molar-refractivity contribution in [3.8, 4) is 5.75 Å². The highest BCUT2D eigenvalue weighted by atomic mass is 16.5. The van der Waals surface area contributed by atoms with Crippen LogP contribution >= 0.6 is 0 Å². The van der Waals surface area contributed by atoms with Gasteiger partial charge in [-0.1, -0.05) is 17.3 Å². The van der Waals surface area contributed by atoms with Crippen LogP contribution in [0, 0.1) is 0 Å². The quantitative estimate of drug-likeness (QED) is 0.218. The molecular weight excluding hydrogens is 256 g/mol. The molecule has 0 fully saturated rings. The van der Waals surface area contributed by atoms with E-state index in [0.717, 1.165) is 12.3 Å². The maximum atomic E-state index is 8.48. The zero-order valence-corrected chi connectivity index (χ0v) is 12.3. The first-order valence-corrected chi connectivity index (χ1v) is 6.56. The Labute approximate surface area is 120 Å². The van der Waals surface area contributed by atoms with Gasteiger partial charge in [0.1, 0.15) is 11.6 Å². The lowest BCUT2D eigenvalue weighted by Crippen LogP contribution is -2.32. The fourth-order valence-corrected chi connectivity index (χ4v) is 1.95. The Hall–Kier alpha value is -1.79. The second-order valence-corrected chi connectivity index (χ2v) is 4.80. The summed E-state index contributed by atoms with van der Waals surface area (Å²) in [6, 6.07) is 8.27. The average molecular weight is 280 g/mol. The highest BCUT2D eigenvalue weighted by Crippen LogP contribution is 2.21. The van der Waals surface area contributed by atoms with Gasteiger partial charge in [-0.3, -0.25) is 0 Å². The molecule has 0 bridgehead atoms. The number of hydrogen-bond donors (Lipinski definition) is 3. The van der Waals surface area contributed by atoms with Crippen molar-refractivity contribution in [2.75, 3.05) is 34.3 Å². The summed E-state index contributed by atoms with van der Waals surface area (Å²) < 4.78 is 5.26. The van der Waals surface area contributed by atoms with Crippen LogP contribution in [0.4, 0.5) is 0 Å². The number of nitrogens with zero attached hydrogens (tertiary/aromatic N) is 2. The summed E-state index contributed by atoms with van der Waals surface area (Å²) in [5.41, 5.74) is 6.62. The van der Waals surface area contributed by atoms with E-state index in [2.05, 4.69) is 21.4 Å². The van der Waals surface area contributed by atoms with Gasteiger partial charge in [0, 0.05) is 25.6 Å². The molecule has 0 amide bonds. The lowest BCUT2D eigenvalue weighted by atomic mass is 10.1. The summed E-state index contributed by atoms with van der Waals surface area (Å²) in [6.07, 6.45) is 0.523. The second-order valence-electron chi connectivity index (χ2n) is 4.80. The van der Waals surface area contributed by atoms with E-state index in [-0.39, 0.29) is 11.9 Å². The Kier molecular flexibility index (Phi) is 6.83. The van der Waals surface area contributed by atoms with Crippen LogP contribution in [0.2, 0.25) is 0 Å². The third kappa shape index (κ3) is 5.07. The zero-order chi connectivity index (χ0) is 15.0. The third-order valence-electron chi connectivity index (χ3n) is 3.13. The number of rotatable bonds is 8. The minimum absolute atomic E-state index is 0.234. The number of benzene rings is 1. The highest BCUT2D eigenvalue weighted by Gasteiger charge is 2.14. The van der Waals surface area contributed by atoms with Gasteiger partial charge in [-0.25, -0.2) is 0 Å². The Morgan fingerprint density at radius 3 is 2.85 bits per heavy atom. The molecule has 1 unspecified atom stereocenters. The molecule has 20 heavy (non-hydrogen) atoms. The number of oxime groups is 1. The van der Waals surface area contributed by atoms with Crippen molar-refractivity contribution >= 4 is 5.84 Å². The van der Waals surface area contributed by atoms with Crippen LogP contribution in [0.1, 0.15) is 18.0 Å². The minimum Gasteiger partial charge on any atom is -0.497 e. The lowest BCUT2D eigenvalue weighted by molar-refractivity contribution is 0.288. The molecule has 0 aliphatic carbocycles. The average Bonchev–Trinajstić information content (AvgIpc) is 2.46. The molecule has 0 radical (unpaired) electrons. The van der Waals surface area contributed by atoms with Crippen molar-refractivity contribution in [1.82, 2.24) is 10.2 Å². The first-order chi connectivity index (χ1) is 9.58. The van der Waals surface area contributed by atoms with Gasteiger partial charge in [0.15, 0.2) is 0 Å². The summed E-state index contributed by atoms with van der Waals surface area (Å²) in [6.45, 7) is 1.45. The van der Waals surface area contributed by atoms with E-state index >= 15 is 0 Å². The van der Waals surface area contributed by atoms with E-state index in [0.29, 0.717) is 13.0 Å². The van der Waals surface area contributed by atoms with E-state index in [9.17, 15) is 0 Å². The molecule has 0 aliphatic rings. The monoisotopic (exact) mass is 280 g/mol. The molecule has 0 saturated heterocycles. The van der Waals surface area contributed by atoms with Crippen LogP contribution in [-0.2, 0) is 0 Å². The van der Waals surface area contributed by atoms with Gasteiger partial charge in [-0.05, 0) is 31.8 Å². The van der Waals surface area contributed by atoms with Crippen molar-refractivity contribution < 1.29 is 9.94 Å². The molecule has 4 N–H and O–H groups in total. The molecule has 1 atom stereocenters. The number of ether oxygens (including phenoxy) is 1. The molecular formula is C14H24N4O2. The Morgan fingerprint density at radius 2 is 2.25 bits per heavy atom. The highest BCUT2D eigenvalue weighted by molar-refractivity contribution is 5.79. The Morgan fingerprint density at radius 1 is 1.50 bits per heavy atom. The van der Waals surface area contributed by atoms with Gasteiger partial charge in [0.05, 0.1) is 7.11 Å². The van der Waals surface area contributed by atoms with Crippen molar-refractivity contribution in [3.05, 3.63) is 29.8 Å². The summed E-state index contributed by atoms with van der Waals surface area (Å²) in [5, 5.41) is 14.7. The van der Waals surface area contributed by atoms with Crippen LogP contribution in [0.25, 0.3) is 0 Å². The largest absolute Gasteiger partial charge is 0.497 e. The smallest absolute Gasteiger partial charge is 0.140 e. The van der Waals surface area contributed by atoms with Crippen LogP contribution in [0.15, 0.2) is 29.4 Å². The summed E-state index contributed by atoms with van der Waals surface area (Å²) in [5.74, 6) is 1.09. The van der Waals surface area contributed by atoms with E-state index < -0.39 is 0 Å². The molecule has 1 aromatic rings. The SMILES string of the molecule is COc1cccc(C(CNCCC(N)=NO)N(C)C)c1. The van der Waals surface area contributed by atoms with E-state index in [4.69, 9.17) is 15.7 Å². The molecule has 0 spiro atoms. The third-order valence-corrected chi connectivity index (χ3v) is 3.13. The second kappa shape index (κ2) is 8.39. The summed E-state index contributed by atoms with van der Waals surface area (Å²) in [4.78, 5) is 2.14. The van der Waals surface area contributed by atoms with Gasteiger partial charge in [0.25, 0.3) is 0 Å². The van der Waals surface area contributed by atoms with Gasteiger partial charge in [-0.2, -0.15) is 0 Å². The number of amidine groups is 1. The maximum Gasteiger partial charge on any atom is 0.140 e. The normalized spacial score (nSPS) is 13.5. The summed E-state index contributed by atoms with van der Waals surface area (Å²) >= 11 is 0. The zero-order valence-electron chi connectivity index (χ0n) is 12.3. The fraction of sp³-hybridized carbons (Fsp3) is 0.500. The topological polar surface area (TPSA) is 83.1 Å². The minimum atomic E-state index is 0.234. The molecule has 112 valence electrons. The lowest BCUT2D eigenvalue weighted by Gasteiger charge is -2.25. The fourth-order valence-electron chi connectivity index (χ4n) is 1.95. The standard InChI is InChI=1S/C14H24N4O2/c1-18(2)13(10-16-8-7-14(15)17-19)11-5-4-6-12(9-11)20-3/h4-6,9,13,16,19H,7-8,10H2,1-3H3,(H2,15,17). The molecule has 6 heteroatoms. The van der Waals surface area contributed by atoms with Crippen molar-refractivity contribution in [1.29, 1.82) is 0 Å². The Bertz CT molecular complexity index is 435. The van der Waals surface area contributed by atoms with Gasteiger partial charge in [0.2, 0.25) is 0 Å². The van der Waals surface area contributed by atoms with E-state index in [1.165, 1.54) is 5.56 Å². The van der Waals surface area contributed by atoms with Crippen molar-refractivity contribution in [2.24, 2.45) is 10.9 Å². The van der Waals surface area contributed by atoms with E-state index in [1.807, 2.05) is 32.3 Å². The van der Waals surface area contributed by atoms with Crippen molar-refractivity contribution in [2.45, 2.75) is 12.5 Å². The predicted molar refractivity (Wildman–Crippen MR) is 80.3 cm³/mol. The van der Waals surface area contributed by atoms with Crippen LogP contribution < -0.4 is 15.8 Å². The van der Waals surface area contributed by atoms with Crippen LogP contribution in [0.3, 0.4) is 0 Å². The predicted octanol–water partition coefficient (Wildman–Crippen LogP) is 1.02. The molecule has 1 aromatic carbocycles. The molecule has 6 nitrogen and oxygen atoms in total. The number of likely N-dealkylation sites (N-methyl/N-ethyl adjacent to an activating group) is 1. The molecule has 0 heterocycles. The van der Waals surface area contributed by atoms with Crippen LogP contribution in [0.5, 0.6) is 5.75 Å². The molecule has 1 rings (SSSR count). The number of hydrogen-bond acceptors (Lipinski definition) is 5. The van der Waals surface area contributed by atoms with E-state index in [1.54, 1.807) is 7.11 Å².